The van der Waals surface area contributed by atoms with E-state index >= 15 is 0 Å². The van der Waals surface area contributed by atoms with Crippen LogP contribution in [0.3, 0.4) is 0 Å². The van der Waals surface area contributed by atoms with Crippen LogP contribution in [0, 0.1) is 20.8 Å². The van der Waals surface area contributed by atoms with Crippen molar-refractivity contribution >= 4 is 5.97 Å². The van der Waals surface area contributed by atoms with Gasteiger partial charge in [0.25, 0.3) is 5.56 Å². The van der Waals surface area contributed by atoms with Gasteiger partial charge in [0, 0.05) is 0 Å². The average molecular weight is 276 g/mol. The van der Waals surface area contributed by atoms with E-state index in [0.29, 0.717) is 5.56 Å². The van der Waals surface area contributed by atoms with E-state index < -0.39 is 11.5 Å². The number of carboxylic acid groups (broad SMARTS) is 1. The highest BCUT2D eigenvalue weighted by atomic mass is 16.5. The molecule has 6 nitrogen and oxygen atoms in total. The molecule has 0 saturated heterocycles. The lowest BCUT2D eigenvalue weighted by molar-refractivity contribution is 0.0691. The fourth-order valence-electron chi connectivity index (χ4n) is 2.41. The van der Waals surface area contributed by atoms with Crippen LogP contribution in [0.2, 0.25) is 0 Å². The maximum Gasteiger partial charge on any atom is 0.354 e. The van der Waals surface area contributed by atoms with Crippen molar-refractivity contribution in [1.29, 1.82) is 0 Å². The van der Waals surface area contributed by atoms with Gasteiger partial charge in [0.15, 0.2) is 5.69 Å². The molecule has 0 saturated carbocycles. The highest BCUT2D eigenvalue weighted by Crippen LogP contribution is 2.33. The third-order valence-corrected chi connectivity index (χ3v) is 3.49. The molecule has 2 rings (SSSR count). The number of ether oxygens (including phenoxy) is 1. The van der Waals surface area contributed by atoms with Crippen molar-refractivity contribution in [3.63, 3.8) is 0 Å². The van der Waals surface area contributed by atoms with Crippen LogP contribution in [0.25, 0.3) is 11.1 Å². The van der Waals surface area contributed by atoms with Gasteiger partial charge in [-0.1, -0.05) is 0 Å². The Balaban J connectivity index is 2.81. The molecule has 0 fully saturated rings. The molecule has 1 aromatic carbocycles. The summed E-state index contributed by atoms with van der Waals surface area (Å²) in [6.45, 7) is 5.58. The number of aryl methyl sites for hydroxylation is 1. The Morgan fingerprint density at radius 3 is 2.40 bits per heavy atom. The molecule has 1 aromatic heterocycles. The molecule has 0 aliphatic heterocycles. The Hall–Kier alpha value is -2.50. The van der Waals surface area contributed by atoms with Crippen LogP contribution >= 0.6 is 0 Å². The quantitative estimate of drug-likeness (QED) is 0.799. The van der Waals surface area contributed by atoms with E-state index in [1.165, 1.54) is 0 Å². The number of hydrogen-bond donors (Lipinski definition) is 3. The van der Waals surface area contributed by atoms with Gasteiger partial charge in [-0.05, 0) is 49.1 Å². The average Bonchev–Trinajstić information content (AvgIpc) is 2.76. The van der Waals surface area contributed by atoms with E-state index in [1.54, 1.807) is 13.2 Å². The molecule has 0 bridgehead atoms. The van der Waals surface area contributed by atoms with Crippen LogP contribution in [0.1, 0.15) is 27.2 Å². The molecule has 0 atom stereocenters. The molecule has 3 N–H and O–H groups in total. The van der Waals surface area contributed by atoms with Gasteiger partial charge in [-0.25, -0.2) is 4.79 Å². The minimum absolute atomic E-state index is 0.137. The second kappa shape index (κ2) is 4.88. The summed E-state index contributed by atoms with van der Waals surface area (Å²) < 4.78 is 5.33. The van der Waals surface area contributed by atoms with E-state index in [2.05, 4.69) is 10.2 Å². The third-order valence-electron chi connectivity index (χ3n) is 3.49. The predicted octanol–water partition coefficient (Wildman–Crippen LogP) is 2.00. The molecule has 0 aliphatic carbocycles. The summed E-state index contributed by atoms with van der Waals surface area (Å²) in [7, 11) is 1.58. The van der Waals surface area contributed by atoms with Crippen molar-refractivity contribution in [2.24, 2.45) is 0 Å². The highest BCUT2D eigenvalue weighted by molar-refractivity contribution is 5.94. The lowest BCUT2D eigenvalue weighted by Gasteiger charge is -2.15. The number of nitrogens with one attached hydrogen (secondary N) is 2. The van der Waals surface area contributed by atoms with Crippen LogP contribution in [-0.4, -0.2) is 28.4 Å². The number of hydrogen-bond acceptors (Lipinski definition) is 3. The molecule has 0 aliphatic rings. The van der Waals surface area contributed by atoms with Crippen molar-refractivity contribution in [3.8, 4) is 16.9 Å². The summed E-state index contributed by atoms with van der Waals surface area (Å²) in [6, 6.07) is 1.77. The van der Waals surface area contributed by atoms with Gasteiger partial charge in [-0.15, -0.1) is 0 Å². The molecule has 1 heterocycles. The minimum Gasteiger partial charge on any atom is -0.496 e. The molecular weight excluding hydrogens is 260 g/mol. The Bertz CT molecular complexity index is 740. The molecule has 0 spiro atoms. The summed E-state index contributed by atoms with van der Waals surface area (Å²) in [5.41, 5.74) is 2.71. The fourth-order valence-corrected chi connectivity index (χ4v) is 2.41. The van der Waals surface area contributed by atoms with Gasteiger partial charge in [-0.3, -0.25) is 15.0 Å². The number of aromatic nitrogens is 2. The Kier molecular flexibility index (Phi) is 3.40. The molecular formula is C14H16N2O4. The zero-order valence-electron chi connectivity index (χ0n) is 11.7. The predicted molar refractivity (Wildman–Crippen MR) is 74.6 cm³/mol. The van der Waals surface area contributed by atoms with Gasteiger partial charge in [0.1, 0.15) is 5.75 Å². The molecule has 20 heavy (non-hydrogen) atoms. The van der Waals surface area contributed by atoms with Crippen molar-refractivity contribution in [3.05, 3.63) is 38.8 Å². The standard InChI is InChI=1S/C14H16N2O4/c1-6-5-9(7(2)8(3)12(6)20-4)10-11(14(18)19)15-16-13(10)17/h5H,1-4H3,(H,18,19)(H2,15,16,17). The van der Waals surface area contributed by atoms with Gasteiger partial charge >= 0.3 is 5.97 Å². The second-order valence-electron chi connectivity index (χ2n) is 4.66. The van der Waals surface area contributed by atoms with E-state index in [0.717, 1.165) is 22.4 Å². The largest absolute Gasteiger partial charge is 0.496 e. The smallest absolute Gasteiger partial charge is 0.354 e. The van der Waals surface area contributed by atoms with Crippen LogP contribution in [-0.2, 0) is 0 Å². The Morgan fingerprint density at radius 2 is 1.85 bits per heavy atom. The summed E-state index contributed by atoms with van der Waals surface area (Å²) in [5, 5.41) is 13.9. The Labute approximate surface area is 115 Å². The van der Waals surface area contributed by atoms with Crippen molar-refractivity contribution in [2.45, 2.75) is 20.8 Å². The van der Waals surface area contributed by atoms with Crippen molar-refractivity contribution in [2.75, 3.05) is 7.11 Å². The fraction of sp³-hybridized carbons (Fsp3) is 0.286. The number of benzene rings is 1. The van der Waals surface area contributed by atoms with E-state index in [1.807, 2.05) is 20.8 Å². The lowest BCUT2D eigenvalue weighted by Crippen LogP contribution is -2.07. The molecule has 106 valence electrons. The monoisotopic (exact) mass is 276 g/mol. The number of H-pyrrole nitrogens is 2. The van der Waals surface area contributed by atoms with Gasteiger partial charge < -0.3 is 9.84 Å². The normalized spacial score (nSPS) is 10.6. The maximum atomic E-state index is 11.9. The minimum atomic E-state index is -1.18. The van der Waals surface area contributed by atoms with Crippen LogP contribution in [0.4, 0.5) is 0 Å². The summed E-state index contributed by atoms with van der Waals surface area (Å²) in [5.74, 6) is -0.432. The highest BCUT2D eigenvalue weighted by Gasteiger charge is 2.21. The van der Waals surface area contributed by atoms with E-state index in [-0.39, 0.29) is 11.3 Å². The SMILES string of the molecule is COc1c(C)cc(-c2c(C(=O)O)[nH][nH]c2=O)c(C)c1C. The van der Waals surface area contributed by atoms with Crippen LogP contribution < -0.4 is 10.3 Å². The number of aromatic amines is 2. The first kappa shape index (κ1) is 13.9. The van der Waals surface area contributed by atoms with Gasteiger partial charge in [0.2, 0.25) is 0 Å². The van der Waals surface area contributed by atoms with E-state index in [4.69, 9.17) is 9.84 Å². The molecule has 2 aromatic rings. The number of methoxy groups -OCH3 is 1. The van der Waals surface area contributed by atoms with Gasteiger partial charge in [0.05, 0.1) is 12.7 Å². The zero-order valence-corrected chi connectivity index (χ0v) is 11.7. The number of carboxylic acids is 1. The lowest BCUT2D eigenvalue weighted by atomic mass is 9.94. The molecule has 0 radical (unpaired) electrons. The third kappa shape index (κ3) is 1.99. The number of aromatic carboxylic acids is 1. The van der Waals surface area contributed by atoms with Crippen molar-refractivity contribution < 1.29 is 14.6 Å². The van der Waals surface area contributed by atoms with Gasteiger partial charge in [-0.2, -0.15) is 0 Å². The maximum absolute atomic E-state index is 11.9. The van der Waals surface area contributed by atoms with Crippen LogP contribution in [0.15, 0.2) is 10.9 Å². The van der Waals surface area contributed by atoms with E-state index in [9.17, 15) is 9.59 Å². The summed E-state index contributed by atoms with van der Waals surface area (Å²) in [6.07, 6.45) is 0. The summed E-state index contributed by atoms with van der Waals surface area (Å²) >= 11 is 0. The number of carbonyl (C=O) groups is 1. The molecule has 0 unspecified atom stereocenters. The first-order valence-corrected chi connectivity index (χ1v) is 6.07. The first-order valence-electron chi connectivity index (χ1n) is 6.07. The molecule has 0 amide bonds. The summed E-state index contributed by atoms with van der Waals surface area (Å²) in [4.78, 5) is 23.1. The number of rotatable bonds is 3. The zero-order chi connectivity index (χ0) is 15.0. The van der Waals surface area contributed by atoms with Crippen molar-refractivity contribution in [1.82, 2.24) is 10.2 Å². The second-order valence-corrected chi connectivity index (χ2v) is 4.66. The topological polar surface area (TPSA) is 95.2 Å². The Morgan fingerprint density at radius 1 is 1.20 bits per heavy atom. The van der Waals surface area contributed by atoms with Crippen LogP contribution in [0.5, 0.6) is 5.75 Å². The molecule has 6 heteroatoms. The first-order chi connectivity index (χ1) is 9.38.